The molecule has 6 nitrogen and oxygen atoms in total. The highest BCUT2D eigenvalue weighted by atomic mass is 32.3. The Kier molecular flexibility index (Phi) is 3.60. The molecule has 0 N–H and O–H groups in total. The third-order valence-electron chi connectivity index (χ3n) is 3.73. The number of hydrogen-bond acceptors (Lipinski definition) is 4. The van der Waals surface area contributed by atoms with E-state index in [2.05, 4.69) is 8.87 Å². The minimum Gasteiger partial charge on any atom is -0.275 e. The van der Waals surface area contributed by atoms with Gasteiger partial charge in [0.2, 0.25) is 0 Å². The van der Waals surface area contributed by atoms with Crippen LogP contribution in [0, 0.1) is 0 Å². The average Bonchev–Trinajstić information content (AvgIpc) is 3.05. The van der Waals surface area contributed by atoms with Crippen LogP contribution in [-0.4, -0.2) is 28.7 Å². The van der Waals surface area contributed by atoms with Crippen molar-refractivity contribution in [1.82, 2.24) is 9.78 Å². The Morgan fingerprint density at radius 3 is 2.55 bits per heavy atom. The Balaban J connectivity index is 2.07. The summed E-state index contributed by atoms with van der Waals surface area (Å²) in [5.41, 5.74) is 2.23. The molecule has 0 saturated heterocycles. The largest absolute Gasteiger partial charge is 0.290 e. The van der Waals surface area contributed by atoms with E-state index in [0.29, 0.717) is 4.90 Å². The van der Waals surface area contributed by atoms with Crippen LogP contribution in [0.4, 0.5) is 0 Å². The Hall–Kier alpha value is -1.67. The van der Waals surface area contributed by atoms with Crippen molar-refractivity contribution in [3.63, 3.8) is 0 Å². The van der Waals surface area contributed by atoms with Gasteiger partial charge in [-0.1, -0.05) is 6.07 Å². The van der Waals surface area contributed by atoms with E-state index in [-0.39, 0.29) is 4.90 Å². The monoisotopic (exact) mass is 339 g/mol. The lowest BCUT2D eigenvalue weighted by molar-refractivity contribution is 0.598. The van der Waals surface area contributed by atoms with Gasteiger partial charge in [-0.2, -0.15) is 13.5 Å². The summed E-state index contributed by atoms with van der Waals surface area (Å²) in [4.78, 5) is 0.409. The Labute approximate surface area is 130 Å². The highest BCUT2D eigenvalue weighted by Crippen LogP contribution is 2.26. The quantitative estimate of drug-likeness (QED) is 0.853. The summed E-state index contributed by atoms with van der Waals surface area (Å²) in [5, 5.41) is 3.92. The Bertz CT molecular complexity index is 951. The molecule has 0 saturated carbocycles. The maximum atomic E-state index is 12.6. The summed E-state index contributed by atoms with van der Waals surface area (Å²) in [6, 6.07) is 5.02. The normalized spacial score (nSPS) is 17.0. The molecule has 0 radical (unpaired) electrons. The minimum atomic E-state index is -3.97. The van der Waals surface area contributed by atoms with E-state index in [1.807, 2.05) is 6.07 Å². The molecule has 1 aliphatic rings. The van der Waals surface area contributed by atoms with Crippen LogP contribution < -0.4 is 0 Å². The molecule has 0 spiro atoms. The third-order valence-corrected chi connectivity index (χ3v) is 7.58. The lowest BCUT2D eigenvalue weighted by Gasteiger charge is -2.05. The lowest BCUT2D eigenvalue weighted by Crippen LogP contribution is -2.05. The smallest absolute Gasteiger partial charge is 0.275 e. The summed E-state index contributed by atoms with van der Waals surface area (Å²) in [5.74, 6) is 0. The number of sulfonamides is 1. The molecule has 1 heterocycles. The van der Waals surface area contributed by atoms with Gasteiger partial charge in [0, 0.05) is 19.5 Å². The van der Waals surface area contributed by atoms with E-state index in [1.165, 1.54) is 28.9 Å². The molecule has 1 aromatic carbocycles. The second kappa shape index (κ2) is 5.20. The van der Waals surface area contributed by atoms with Crippen LogP contribution in [0.25, 0.3) is 0 Å². The molecule has 1 unspecified atom stereocenters. The lowest BCUT2D eigenvalue weighted by atomic mass is 10.1. The van der Waals surface area contributed by atoms with Gasteiger partial charge in [0.15, 0.2) is 0 Å². The summed E-state index contributed by atoms with van der Waals surface area (Å²) in [7, 11) is -5.35. The first-order chi connectivity index (χ1) is 10.3. The molecule has 2 aromatic rings. The predicted molar refractivity (Wildman–Crippen MR) is 83.6 cm³/mol. The van der Waals surface area contributed by atoms with E-state index >= 15 is 0 Å². The maximum absolute atomic E-state index is 12.6. The molecule has 0 amide bonds. The van der Waals surface area contributed by atoms with Gasteiger partial charge in [-0.3, -0.25) is 4.68 Å². The van der Waals surface area contributed by atoms with Gasteiger partial charge in [0.1, 0.15) is 0 Å². The van der Waals surface area contributed by atoms with Gasteiger partial charge in [0.05, 0.1) is 25.7 Å². The first-order valence-corrected chi connectivity index (χ1v) is 10.2. The zero-order chi connectivity index (χ0) is 16.0. The van der Waals surface area contributed by atoms with Crippen LogP contribution in [0.3, 0.4) is 0 Å². The van der Waals surface area contributed by atoms with Crippen LogP contribution in [0.15, 0.2) is 44.2 Å². The van der Waals surface area contributed by atoms with Crippen molar-refractivity contribution in [3.05, 3.63) is 41.7 Å². The molecule has 3 rings (SSSR count). The zero-order valence-corrected chi connectivity index (χ0v) is 14.0. The van der Waals surface area contributed by atoms with Crippen molar-refractivity contribution in [3.8, 4) is 0 Å². The van der Waals surface area contributed by atoms with Gasteiger partial charge in [-0.15, -0.1) is 3.77 Å². The zero-order valence-electron chi connectivity index (χ0n) is 12.4. The SMILES string of the molecule is Cn1cc(S(C)(=O)=NS(=O)(=O)c2ccc3c(c2)CCC3)cn1. The molecule has 1 aliphatic carbocycles. The third kappa shape index (κ3) is 2.80. The van der Waals surface area contributed by atoms with Crippen molar-refractivity contribution in [2.75, 3.05) is 6.26 Å². The highest BCUT2D eigenvalue weighted by molar-refractivity contribution is 8.03. The molecule has 0 bridgehead atoms. The van der Waals surface area contributed by atoms with Crippen molar-refractivity contribution < 1.29 is 12.6 Å². The molecule has 1 aromatic heterocycles. The van der Waals surface area contributed by atoms with Crippen molar-refractivity contribution in [2.45, 2.75) is 29.1 Å². The number of rotatable bonds is 3. The fourth-order valence-corrected chi connectivity index (χ4v) is 5.88. The van der Waals surface area contributed by atoms with Crippen LogP contribution in [0.5, 0.6) is 0 Å². The fraction of sp³-hybridized carbons (Fsp3) is 0.357. The van der Waals surface area contributed by atoms with E-state index in [9.17, 15) is 12.6 Å². The predicted octanol–water partition coefficient (Wildman–Crippen LogP) is 1.75. The minimum absolute atomic E-state index is 0.103. The topological polar surface area (TPSA) is 81.4 Å². The molecule has 0 fully saturated rings. The Morgan fingerprint density at radius 1 is 1.14 bits per heavy atom. The number of fused-ring (bicyclic) bond motifs is 1. The van der Waals surface area contributed by atoms with Crippen LogP contribution in [-0.2, 0) is 39.6 Å². The van der Waals surface area contributed by atoms with Crippen molar-refractivity contribution in [2.24, 2.45) is 10.8 Å². The molecule has 8 heteroatoms. The average molecular weight is 339 g/mol. The first-order valence-electron chi connectivity index (χ1n) is 6.87. The first kappa shape index (κ1) is 15.2. The fourth-order valence-electron chi connectivity index (χ4n) is 2.58. The van der Waals surface area contributed by atoms with Gasteiger partial charge >= 0.3 is 0 Å². The van der Waals surface area contributed by atoms with E-state index in [4.69, 9.17) is 0 Å². The van der Waals surface area contributed by atoms with E-state index in [1.54, 1.807) is 19.2 Å². The molecular weight excluding hydrogens is 322 g/mol. The molecule has 22 heavy (non-hydrogen) atoms. The van der Waals surface area contributed by atoms with Crippen molar-refractivity contribution >= 4 is 19.8 Å². The number of nitrogens with zero attached hydrogens (tertiary/aromatic N) is 3. The maximum Gasteiger partial charge on any atom is 0.290 e. The van der Waals surface area contributed by atoms with Crippen LogP contribution in [0.2, 0.25) is 0 Å². The van der Waals surface area contributed by atoms with Crippen LogP contribution in [0.1, 0.15) is 17.5 Å². The van der Waals surface area contributed by atoms with Gasteiger partial charge < -0.3 is 0 Å². The standard InChI is InChI=1S/C14H17N3O3S2/c1-17-10-14(9-15-17)21(2,18)16-22(19,20)13-7-6-11-4-3-5-12(11)8-13/h6-10H,3-5H2,1-2H3. The molecule has 1 atom stereocenters. The number of benzene rings is 1. The summed E-state index contributed by atoms with van der Waals surface area (Å²) in [6.07, 6.45) is 7.11. The van der Waals surface area contributed by atoms with E-state index in [0.717, 1.165) is 24.8 Å². The van der Waals surface area contributed by atoms with Gasteiger partial charge in [-0.05, 0) is 42.5 Å². The number of hydrogen-bond donors (Lipinski definition) is 0. The van der Waals surface area contributed by atoms with Crippen molar-refractivity contribution in [1.29, 1.82) is 0 Å². The van der Waals surface area contributed by atoms with E-state index < -0.39 is 19.8 Å². The second-order valence-corrected chi connectivity index (χ2v) is 9.58. The Morgan fingerprint density at radius 2 is 1.86 bits per heavy atom. The number of aromatic nitrogens is 2. The molecule has 118 valence electrons. The molecular formula is C14H17N3O3S2. The highest BCUT2D eigenvalue weighted by Gasteiger charge is 2.21. The summed E-state index contributed by atoms with van der Waals surface area (Å²) >= 11 is 0. The van der Waals surface area contributed by atoms with Gasteiger partial charge in [0.25, 0.3) is 10.0 Å². The van der Waals surface area contributed by atoms with Gasteiger partial charge in [-0.25, -0.2) is 4.21 Å². The second-order valence-electron chi connectivity index (χ2n) is 5.49. The summed E-state index contributed by atoms with van der Waals surface area (Å²) < 4.78 is 42.7. The number of aryl methyl sites for hydroxylation is 3. The van der Waals surface area contributed by atoms with Crippen LogP contribution >= 0.6 is 0 Å². The molecule has 0 aliphatic heterocycles. The summed E-state index contributed by atoms with van der Waals surface area (Å²) in [6.45, 7) is 0.